The molecular formula is C20H28O4. The topological polar surface area (TPSA) is 63.6 Å². The lowest BCUT2D eigenvalue weighted by Gasteiger charge is -2.22. The number of hydrogen-bond donors (Lipinski definition) is 1. The van der Waals surface area contributed by atoms with Gasteiger partial charge in [-0.25, -0.2) is 0 Å². The molecule has 1 aromatic rings. The van der Waals surface area contributed by atoms with Crippen molar-refractivity contribution in [1.82, 2.24) is 0 Å². The minimum atomic E-state index is -0.713. The third-order valence-corrected chi connectivity index (χ3v) is 4.85. The van der Waals surface area contributed by atoms with E-state index in [1.54, 1.807) is 6.92 Å². The molecule has 0 amide bonds. The molecule has 0 bridgehead atoms. The number of phenols is 1. The SMILES string of the molecule is CCOC(=O)[C@H]1C(=O)CC[C@@H]1c1cc(C(C)C)c(O)c(C(C)C)c1. The Labute approximate surface area is 144 Å². The third-order valence-electron chi connectivity index (χ3n) is 4.85. The van der Waals surface area contributed by atoms with Gasteiger partial charge < -0.3 is 9.84 Å². The molecule has 1 aromatic carbocycles. The number of Topliss-reactive ketones (excluding diaryl/α,β-unsaturated/α-hetero) is 1. The van der Waals surface area contributed by atoms with Gasteiger partial charge in [0.05, 0.1) is 6.61 Å². The van der Waals surface area contributed by atoms with E-state index in [1.165, 1.54) is 0 Å². The van der Waals surface area contributed by atoms with Crippen molar-refractivity contribution in [3.63, 3.8) is 0 Å². The molecule has 0 radical (unpaired) electrons. The Morgan fingerprint density at radius 3 is 2.21 bits per heavy atom. The van der Waals surface area contributed by atoms with E-state index in [4.69, 9.17) is 4.74 Å². The van der Waals surface area contributed by atoms with Crippen molar-refractivity contribution in [2.45, 2.75) is 65.2 Å². The lowest BCUT2D eigenvalue weighted by Crippen LogP contribution is -2.26. The lowest BCUT2D eigenvalue weighted by atomic mass is 9.83. The molecule has 1 N–H and O–H groups in total. The molecule has 2 atom stereocenters. The van der Waals surface area contributed by atoms with Gasteiger partial charge in [-0.05, 0) is 41.9 Å². The van der Waals surface area contributed by atoms with Crippen molar-refractivity contribution in [1.29, 1.82) is 0 Å². The van der Waals surface area contributed by atoms with Gasteiger partial charge in [0.2, 0.25) is 0 Å². The fourth-order valence-corrected chi connectivity index (χ4v) is 3.53. The fourth-order valence-electron chi connectivity index (χ4n) is 3.53. The second-order valence-corrected chi connectivity index (χ2v) is 7.20. The first-order chi connectivity index (χ1) is 11.3. The first-order valence-corrected chi connectivity index (χ1v) is 8.83. The van der Waals surface area contributed by atoms with Gasteiger partial charge in [0.15, 0.2) is 0 Å². The summed E-state index contributed by atoms with van der Waals surface area (Å²) < 4.78 is 5.12. The van der Waals surface area contributed by atoms with Gasteiger partial charge >= 0.3 is 5.97 Å². The van der Waals surface area contributed by atoms with Gasteiger partial charge in [-0.2, -0.15) is 0 Å². The van der Waals surface area contributed by atoms with E-state index in [0.29, 0.717) is 18.6 Å². The molecule has 24 heavy (non-hydrogen) atoms. The Kier molecular flexibility index (Phi) is 5.68. The van der Waals surface area contributed by atoms with E-state index in [-0.39, 0.29) is 30.1 Å². The molecule has 1 aliphatic rings. The molecule has 0 aromatic heterocycles. The first-order valence-electron chi connectivity index (χ1n) is 8.83. The van der Waals surface area contributed by atoms with Crippen molar-refractivity contribution in [2.24, 2.45) is 5.92 Å². The van der Waals surface area contributed by atoms with Gasteiger partial charge in [-0.15, -0.1) is 0 Å². The van der Waals surface area contributed by atoms with E-state index in [9.17, 15) is 14.7 Å². The molecule has 0 spiro atoms. The Balaban J connectivity index is 2.50. The van der Waals surface area contributed by atoms with Gasteiger partial charge in [0.25, 0.3) is 0 Å². The van der Waals surface area contributed by atoms with Gasteiger partial charge in [-0.3, -0.25) is 9.59 Å². The number of carbonyl (C=O) groups excluding carboxylic acids is 2. The van der Waals surface area contributed by atoms with E-state index in [1.807, 2.05) is 39.8 Å². The highest BCUT2D eigenvalue weighted by atomic mass is 16.5. The second kappa shape index (κ2) is 7.37. The van der Waals surface area contributed by atoms with E-state index < -0.39 is 11.9 Å². The van der Waals surface area contributed by atoms with Crippen LogP contribution in [-0.2, 0) is 14.3 Å². The van der Waals surface area contributed by atoms with Crippen LogP contribution < -0.4 is 0 Å². The maximum atomic E-state index is 12.3. The van der Waals surface area contributed by atoms with E-state index in [2.05, 4.69) is 0 Å². The maximum Gasteiger partial charge on any atom is 0.317 e. The predicted octanol–water partition coefficient (Wildman–Crippen LogP) is 4.26. The normalized spacial score (nSPS) is 20.9. The third kappa shape index (κ3) is 3.47. The molecule has 0 heterocycles. The molecule has 4 heteroatoms. The van der Waals surface area contributed by atoms with E-state index >= 15 is 0 Å². The van der Waals surface area contributed by atoms with Crippen LogP contribution in [0.1, 0.15) is 81.9 Å². The van der Waals surface area contributed by atoms with Gasteiger partial charge in [-0.1, -0.05) is 39.8 Å². The minimum absolute atomic E-state index is 0.0382. The summed E-state index contributed by atoms with van der Waals surface area (Å²) in [6.07, 6.45) is 1.06. The molecule has 1 fully saturated rings. The summed E-state index contributed by atoms with van der Waals surface area (Å²) in [5.74, 6) is -0.664. The van der Waals surface area contributed by atoms with Gasteiger partial charge in [0.1, 0.15) is 17.5 Å². The monoisotopic (exact) mass is 332 g/mol. The molecule has 1 saturated carbocycles. The molecule has 132 valence electrons. The summed E-state index contributed by atoms with van der Waals surface area (Å²) >= 11 is 0. The number of ketones is 1. The number of ether oxygens (including phenoxy) is 1. The average Bonchev–Trinajstić information content (AvgIpc) is 2.89. The molecule has 4 nitrogen and oxygen atoms in total. The average molecular weight is 332 g/mol. The highest BCUT2D eigenvalue weighted by Crippen LogP contribution is 2.43. The van der Waals surface area contributed by atoms with Crippen molar-refractivity contribution in [2.75, 3.05) is 6.61 Å². The maximum absolute atomic E-state index is 12.3. The highest BCUT2D eigenvalue weighted by Gasteiger charge is 2.42. The van der Waals surface area contributed by atoms with Gasteiger partial charge in [0, 0.05) is 12.3 Å². The van der Waals surface area contributed by atoms with Crippen LogP contribution in [0.3, 0.4) is 0 Å². The highest BCUT2D eigenvalue weighted by molar-refractivity contribution is 6.01. The van der Waals surface area contributed by atoms with Crippen LogP contribution in [-0.4, -0.2) is 23.5 Å². The second-order valence-electron chi connectivity index (χ2n) is 7.20. The minimum Gasteiger partial charge on any atom is -0.507 e. The van der Waals surface area contributed by atoms with Crippen LogP contribution >= 0.6 is 0 Å². The Bertz CT molecular complexity index is 602. The van der Waals surface area contributed by atoms with Crippen LogP contribution in [0.2, 0.25) is 0 Å². The van der Waals surface area contributed by atoms with Crippen LogP contribution in [0.5, 0.6) is 5.75 Å². The Hall–Kier alpha value is -1.84. The zero-order valence-corrected chi connectivity index (χ0v) is 15.3. The summed E-state index contributed by atoms with van der Waals surface area (Å²) in [5.41, 5.74) is 2.71. The Morgan fingerprint density at radius 1 is 1.21 bits per heavy atom. The van der Waals surface area contributed by atoms with Crippen LogP contribution in [0.4, 0.5) is 0 Å². The van der Waals surface area contributed by atoms with Crippen LogP contribution in [0.15, 0.2) is 12.1 Å². The number of phenolic OH excluding ortho intramolecular Hbond substituents is 1. The summed E-state index contributed by atoms with van der Waals surface area (Å²) in [6.45, 7) is 10.2. The molecule has 2 rings (SSSR count). The summed E-state index contributed by atoms with van der Waals surface area (Å²) in [4.78, 5) is 24.5. The smallest absolute Gasteiger partial charge is 0.317 e. The van der Waals surface area contributed by atoms with Crippen molar-refractivity contribution < 1.29 is 19.4 Å². The molecular weight excluding hydrogens is 304 g/mol. The largest absolute Gasteiger partial charge is 0.507 e. The first kappa shape index (κ1) is 18.5. The zero-order chi connectivity index (χ0) is 18.0. The molecule has 0 unspecified atom stereocenters. The number of esters is 1. The molecule has 1 aliphatic carbocycles. The van der Waals surface area contributed by atoms with E-state index in [0.717, 1.165) is 16.7 Å². The molecule has 0 aliphatic heterocycles. The van der Waals surface area contributed by atoms with Crippen LogP contribution in [0, 0.1) is 5.92 Å². The summed E-state index contributed by atoms with van der Waals surface area (Å²) in [5, 5.41) is 10.5. The summed E-state index contributed by atoms with van der Waals surface area (Å²) in [6, 6.07) is 3.92. The number of rotatable bonds is 5. The van der Waals surface area contributed by atoms with Crippen molar-refractivity contribution >= 4 is 11.8 Å². The number of aromatic hydroxyl groups is 1. The zero-order valence-electron chi connectivity index (χ0n) is 15.3. The lowest BCUT2D eigenvalue weighted by molar-refractivity contribution is -0.151. The predicted molar refractivity (Wildman–Crippen MR) is 93.4 cm³/mol. The van der Waals surface area contributed by atoms with Crippen molar-refractivity contribution in [3.05, 3.63) is 28.8 Å². The fraction of sp³-hybridized carbons (Fsp3) is 0.600. The number of hydrogen-bond acceptors (Lipinski definition) is 4. The standard InChI is InChI=1S/C20H28O4/c1-6-24-20(23)18-14(7-8-17(18)21)13-9-15(11(2)3)19(22)16(10-13)12(4)5/h9-12,14,18,22H,6-8H2,1-5H3/t14-,18-/m1/s1. The molecule has 0 saturated heterocycles. The summed E-state index contributed by atoms with van der Waals surface area (Å²) in [7, 11) is 0. The number of carbonyl (C=O) groups is 2. The van der Waals surface area contributed by atoms with Crippen LogP contribution in [0.25, 0.3) is 0 Å². The number of benzene rings is 1. The quantitative estimate of drug-likeness (QED) is 0.646. The Morgan fingerprint density at radius 2 is 1.75 bits per heavy atom. The van der Waals surface area contributed by atoms with Crippen molar-refractivity contribution in [3.8, 4) is 5.75 Å².